The molecule has 1 aliphatic carbocycles. The van der Waals surface area contributed by atoms with Gasteiger partial charge in [0.1, 0.15) is 92.8 Å². The summed E-state index contributed by atoms with van der Waals surface area (Å²) in [6.45, 7) is 0.539. The van der Waals surface area contributed by atoms with E-state index in [1.54, 1.807) is 7.11 Å². The van der Waals surface area contributed by atoms with E-state index in [9.17, 15) is 33.6 Å². The van der Waals surface area contributed by atoms with Gasteiger partial charge in [-0.25, -0.2) is 69.8 Å². The number of hydrogen-bond acceptors (Lipinski definition) is 29. The number of hydrogen-bond donors (Lipinski definition) is 7. The summed E-state index contributed by atoms with van der Waals surface area (Å²) in [6.07, 6.45) is 31.6. The highest BCUT2D eigenvalue weighted by atomic mass is 35.5. The van der Waals surface area contributed by atoms with Gasteiger partial charge in [-0.3, -0.25) is 33.6 Å². The van der Waals surface area contributed by atoms with Crippen LogP contribution in [0.25, 0.3) is 0 Å². The van der Waals surface area contributed by atoms with E-state index in [2.05, 4.69) is 131 Å². The van der Waals surface area contributed by atoms with Gasteiger partial charge in [0.25, 0.3) is 0 Å². The maximum absolute atomic E-state index is 11.3. The van der Waals surface area contributed by atoms with Crippen molar-refractivity contribution in [1.82, 2.24) is 69.8 Å². The summed E-state index contributed by atoms with van der Waals surface area (Å²) in [4.78, 5) is 137. The van der Waals surface area contributed by atoms with Crippen LogP contribution < -0.4 is 4.74 Å². The fourth-order valence-electron chi connectivity index (χ4n) is 13.0. The Balaban J connectivity index is 0.000000177. The lowest BCUT2D eigenvalue weighted by molar-refractivity contribution is 0.0897. The second-order valence-corrected chi connectivity index (χ2v) is 32.1. The molecule has 15 rings (SSSR count). The lowest BCUT2D eigenvalue weighted by Crippen LogP contribution is -2.14. The molecule has 0 aliphatic heterocycles. The smallest absolute Gasteiger partial charge is 0.191 e. The Morgan fingerprint density at radius 3 is 1.00 bits per heavy atom. The number of rotatable bonds is 36. The monoisotopic (exact) mass is 1880 g/mol. The third-order valence-corrected chi connectivity index (χ3v) is 21.8. The molecule has 0 radical (unpaired) electrons. The minimum Gasteiger partial charge on any atom is -0.496 e. The van der Waals surface area contributed by atoms with Gasteiger partial charge in [-0.2, -0.15) is 0 Å². The molecule has 0 spiro atoms. The van der Waals surface area contributed by atoms with Crippen LogP contribution in [-0.4, -0.2) is 199 Å². The van der Waals surface area contributed by atoms with Crippen molar-refractivity contribution >= 4 is 75.3 Å². The van der Waals surface area contributed by atoms with Gasteiger partial charge in [0.2, 0.25) is 0 Å². The van der Waals surface area contributed by atoms with E-state index in [0.717, 1.165) is 103 Å². The van der Waals surface area contributed by atoms with Crippen molar-refractivity contribution < 1.29 is 74.0 Å². The molecule has 7 heterocycles. The highest BCUT2D eigenvalue weighted by molar-refractivity contribution is 6.31. The highest BCUT2D eigenvalue weighted by Crippen LogP contribution is 2.50. The second-order valence-electron chi connectivity index (χ2n) is 30.8. The van der Waals surface area contributed by atoms with Crippen LogP contribution >= 0.6 is 34.8 Å². The number of Topliss-reactive ketones (excluding diaryl/α,β-unsaturated/α-hetero) is 7. The van der Waals surface area contributed by atoms with Gasteiger partial charge in [0.05, 0.1) is 46.1 Å². The highest BCUT2D eigenvalue weighted by Gasteiger charge is 2.44. The van der Waals surface area contributed by atoms with E-state index in [1.807, 2.05) is 134 Å². The Kier molecular flexibility index (Phi) is 43.7. The molecule has 7 N–H and O–H groups in total. The van der Waals surface area contributed by atoms with Crippen molar-refractivity contribution in [3.8, 4) is 5.75 Å². The summed E-state index contributed by atoms with van der Waals surface area (Å²) < 4.78 is 5.34. The fraction of sp³-hybridized carbons (Fsp3) is 0.252. The first kappa shape index (κ1) is 105. The first-order chi connectivity index (χ1) is 65.4. The lowest BCUT2D eigenvalue weighted by Gasteiger charge is -2.14. The van der Waals surface area contributed by atoms with Crippen molar-refractivity contribution in [2.75, 3.05) is 53.4 Å². The summed E-state index contributed by atoms with van der Waals surface area (Å²) in [5.41, 5.74) is 11.9. The van der Waals surface area contributed by atoms with Crippen LogP contribution in [-0.2, 0) is 82.5 Å². The number of carbonyl (C=O) groups excluding carboxylic acids is 7. The van der Waals surface area contributed by atoms with Gasteiger partial charge in [0, 0.05) is 152 Å². The van der Waals surface area contributed by atoms with Crippen molar-refractivity contribution in [1.29, 1.82) is 0 Å². The molecule has 14 aromatic rings. The maximum atomic E-state index is 11.3. The molecule has 1 unspecified atom stereocenters. The molecule has 7 aromatic carbocycles. The van der Waals surface area contributed by atoms with Gasteiger partial charge in [0.15, 0.2) is 40.5 Å². The number of ketones is 7. The molecule has 29 nitrogen and oxygen atoms in total. The van der Waals surface area contributed by atoms with Gasteiger partial charge in [-0.15, -0.1) is 0 Å². The zero-order valence-corrected chi connectivity index (χ0v) is 76.9. The van der Waals surface area contributed by atoms with E-state index < -0.39 is 46.2 Å². The first-order valence-corrected chi connectivity index (χ1v) is 44.2. The summed E-state index contributed by atoms with van der Waals surface area (Å²) in [5.74, 6) is 3.41. The molecule has 696 valence electrons. The van der Waals surface area contributed by atoms with Gasteiger partial charge in [-0.05, 0) is 133 Å². The number of aliphatic hydroxyl groups is 7. The van der Waals surface area contributed by atoms with Crippen LogP contribution in [0.3, 0.4) is 0 Å². The molecule has 1 atom stereocenters. The quantitative estimate of drug-likeness (QED) is 0.0179. The Hall–Kier alpha value is -13.8. The van der Waals surface area contributed by atoms with Gasteiger partial charge >= 0.3 is 0 Å². The predicted octanol–water partition coefficient (Wildman–Crippen LogP) is 13.4. The average Bonchev–Trinajstić information content (AvgIpc) is 1.61. The zero-order chi connectivity index (χ0) is 96.7. The number of aryl methyl sites for hydroxylation is 11. The second kappa shape index (κ2) is 56.3. The summed E-state index contributed by atoms with van der Waals surface area (Å²) in [6, 6.07) is 59.6. The summed E-state index contributed by atoms with van der Waals surface area (Å²) >= 11 is 17.8. The average molecular weight is 1880 g/mol. The Morgan fingerprint density at radius 2 is 0.637 bits per heavy atom. The van der Waals surface area contributed by atoms with E-state index in [0.29, 0.717) is 116 Å². The number of benzene rings is 7. The number of halogens is 3. The number of ether oxygens (including phenoxy) is 1. The predicted molar refractivity (Wildman–Crippen MR) is 509 cm³/mol. The van der Waals surface area contributed by atoms with Crippen LogP contribution in [0.5, 0.6) is 5.75 Å². The lowest BCUT2D eigenvalue weighted by atomic mass is 9.92. The normalized spacial score (nSPS) is 11.4. The van der Waals surface area contributed by atoms with E-state index in [4.69, 9.17) is 75.3 Å². The molecule has 7 aromatic heterocycles. The minimum atomic E-state index is -0.525. The maximum Gasteiger partial charge on any atom is 0.191 e. The third kappa shape index (κ3) is 35.6. The Labute approximate surface area is 796 Å². The van der Waals surface area contributed by atoms with Crippen molar-refractivity contribution in [2.24, 2.45) is 0 Å². The fourth-order valence-corrected chi connectivity index (χ4v) is 13.6. The molecule has 1 saturated carbocycles. The molecule has 1 fully saturated rings. The van der Waals surface area contributed by atoms with Crippen LogP contribution in [0.4, 0.5) is 0 Å². The van der Waals surface area contributed by atoms with Crippen molar-refractivity contribution in [3.63, 3.8) is 0 Å². The zero-order valence-electron chi connectivity index (χ0n) is 74.6. The van der Waals surface area contributed by atoms with Crippen LogP contribution in [0.2, 0.25) is 15.1 Å². The SMILES string of the molecule is CC(Cc1ncc(C(=O)CO)cn1)c1ccccc1.COc1ccc(C)cc1CCc1ncc(C(=O)CO)cn1.O=C(CO)c1cnc(CC2(c3ccccc3)CC2)nc1.O=C(CO)c1cnc(CCc2ccc(Cl)cc2)nc1.O=C(CO)c1cnc(CCc2cccc(Cl)c2)nc1.O=C(CO)c1cnc(CCc2ccccc2)nc1.O=C(CO)c1cnc(CCc2ccccc2Cl)nc1. The third-order valence-electron chi connectivity index (χ3n) is 21.0. The first-order valence-electron chi connectivity index (χ1n) is 43.1. The Bertz CT molecular complexity index is 6060. The largest absolute Gasteiger partial charge is 0.496 e. The topological polar surface area (TPSA) is 451 Å². The molecule has 0 saturated heterocycles. The molecule has 135 heavy (non-hydrogen) atoms. The van der Waals surface area contributed by atoms with Crippen molar-refractivity contribution in [3.05, 3.63) is 408 Å². The minimum absolute atomic E-state index is 0.170. The number of nitrogens with zero attached hydrogens (tertiary/aromatic N) is 14. The number of aliphatic hydroxyl groups excluding tert-OH is 7. The van der Waals surface area contributed by atoms with Crippen LogP contribution in [0.1, 0.15) is 183 Å². The van der Waals surface area contributed by atoms with Gasteiger partial charge in [-0.1, -0.05) is 193 Å². The van der Waals surface area contributed by atoms with E-state index in [1.165, 1.54) is 109 Å². The number of methoxy groups -OCH3 is 1. The van der Waals surface area contributed by atoms with Gasteiger partial charge < -0.3 is 40.5 Å². The molecular weight excluding hydrogens is 1780 g/mol. The van der Waals surface area contributed by atoms with Crippen LogP contribution in [0.15, 0.2) is 269 Å². The molecular formula is C103H103Cl3N14O15. The summed E-state index contributed by atoms with van der Waals surface area (Å²) in [5, 5.41) is 63.3. The van der Waals surface area contributed by atoms with Crippen LogP contribution in [0, 0.1) is 6.92 Å². The Morgan fingerprint density at radius 1 is 0.319 bits per heavy atom. The standard InChI is InChI=1S/C16H18N2O3.C16H16N2O2.C15H16N2O2.3C14H13ClN2O2.C14H14N2O2/c1-11-3-5-15(21-2)12(7-11)4-6-16-17-8-13(9-18-16)14(20)10-19;19-11-14(20)12-9-17-15(18-10-12)8-16(6-7-16)13-4-2-1-3-5-13;1-11(12-5-3-2-4-6-12)7-15-16-8-13(9-17-15)14(19)10-18;15-12-4-1-10(2-5-12)3-6-14-16-7-11(8-17-14)13(19)9-18;15-12-3-1-2-10(6-12)4-5-14-16-7-11(8-17-14)13(19)9-18;15-12-4-2-1-3-10(12)5-6-14-16-7-11(8-17-14)13(19)9-18;17-10-13(18)12-8-15-14(16-9-12)7-6-11-4-2-1-3-5-11/h3,5,7-9,19H,4,6,10H2,1-2H3;1-5,9-10,19H,6-8,11H2;2-6,8-9,11,18H,7,10H2,1H3;1-2,4-5,7-8,18H,3,6,9H2;1-3,6-8,18H,4-5,9H2;1-4,7-8,18H,5-6,9H2;1-5,8-9,17H,6-7,10H2. The van der Waals surface area contributed by atoms with E-state index >= 15 is 0 Å². The molecule has 0 bridgehead atoms. The number of aromatic nitrogens is 14. The summed E-state index contributed by atoms with van der Waals surface area (Å²) in [7, 11) is 1.65. The van der Waals surface area contributed by atoms with E-state index in [-0.39, 0.29) is 45.9 Å². The molecule has 0 amide bonds. The molecule has 32 heteroatoms. The molecule has 1 aliphatic rings. The number of carbonyl (C=O) groups is 7. The van der Waals surface area contributed by atoms with Crippen molar-refractivity contribution in [2.45, 2.75) is 115 Å².